The molecule has 1 heterocycles. The maximum atomic E-state index is 13.7. The molecule has 5 heteroatoms. The number of halogens is 2. The Morgan fingerprint density at radius 1 is 1.40 bits per heavy atom. The summed E-state index contributed by atoms with van der Waals surface area (Å²) < 4.78 is 33.1. The molecule has 1 fully saturated rings. The third-order valence-corrected chi connectivity index (χ3v) is 3.53. The minimum Gasteiger partial charge on any atom is -0.375 e. The van der Waals surface area contributed by atoms with Gasteiger partial charge in [-0.25, -0.2) is 8.78 Å². The predicted molar refractivity (Wildman–Crippen MR) is 71.0 cm³/mol. The minimum absolute atomic E-state index is 0.00375. The monoisotopic (exact) mass is 280 g/mol. The molecular formula is C15H18F2N2O. The highest BCUT2D eigenvalue weighted by atomic mass is 19.1. The highest BCUT2D eigenvalue weighted by Crippen LogP contribution is 2.24. The van der Waals surface area contributed by atoms with Crippen LogP contribution in [0.3, 0.4) is 0 Å². The van der Waals surface area contributed by atoms with E-state index in [0.717, 1.165) is 25.0 Å². The Bertz CT molecular complexity index is 514. The van der Waals surface area contributed by atoms with Gasteiger partial charge in [0.05, 0.1) is 17.2 Å². The first-order chi connectivity index (χ1) is 9.41. The average molecular weight is 280 g/mol. The van der Waals surface area contributed by atoms with Gasteiger partial charge in [-0.05, 0) is 38.8 Å². The third kappa shape index (κ3) is 3.53. The lowest BCUT2D eigenvalue weighted by Gasteiger charge is -2.36. The molecule has 1 aliphatic rings. The van der Waals surface area contributed by atoms with Gasteiger partial charge >= 0.3 is 0 Å². The smallest absolute Gasteiger partial charge is 0.131 e. The minimum atomic E-state index is -0.680. The van der Waals surface area contributed by atoms with Crippen molar-refractivity contribution >= 4 is 0 Å². The highest BCUT2D eigenvalue weighted by molar-refractivity contribution is 5.34. The number of hydrogen-bond donors (Lipinski definition) is 1. The molecule has 1 aliphatic heterocycles. The van der Waals surface area contributed by atoms with E-state index in [1.165, 1.54) is 0 Å². The molecule has 0 aromatic heterocycles. The SMILES string of the molecule is CC1(C)CC(NCc2c(F)cc(C#N)cc2F)CCO1. The first kappa shape index (κ1) is 14.9. The van der Waals surface area contributed by atoms with E-state index in [9.17, 15) is 8.78 Å². The van der Waals surface area contributed by atoms with Crippen LogP contribution in [0.25, 0.3) is 0 Å². The molecule has 1 aromatic rings. The number of nitrogens with one attached hydrogen (secondary N) is 1. The zero-order valence-corrected chi connectivity index (χ0v) is 11.7. The van der Waals surface area contributed by atoms with Gasteiger partial charge in [-0.3, -0.25) is 0 Å². The molecule has 0 amide bonds. The fourth-order valence-corrected chi connectivity index (χ4v) is 2.49. The van der Waals surface area contributed by atoms with Crippen LogP contribution in [0.1, 0.15) is 37.8 Å². The van der Waals surface area contributed by atoms with E-state index in [0.29, 0.717) is 6.61 Å². The van der Waals surface area contributed by atoms with Crippen LogP contribution in [0, 0.1) is 23.0 Å². The summed E-state index contributed by atoms with van der Waals surface area (Å²) in [4.78, 5) is 0. The Labute approximate surface area is 117 Å². The lowest BCUT2D eigenvalue weighted by Crippen LogP contribution is -2.43. The predicted octanol–water partition coefficient (Wildman–Crippen LogP) is 2.88. The van der Waals surface area contributed by atoms with Crippen molar-refractivity contribution < 1.29 is 13.5 Å². The quantitative estimate of drug-likeness (QED) is 0.926. The summed E-state index contributed by atoms with van der Waals surface area (Å²) >= 11 is 0. The molecule has 108 valence electrons. The maximum absolute atomic E-state index is 13.7. The van der Waals surface area contributed by atoms with Gasteiger partial charge in [0, 0.05) is 24.8 Å². The number of rotatable bonds is 3. The second kappa shape index (κ2) is 5.86. The standard InChI is InChI=1S/C15H18F2N2O/c1-15(2)7-11(3-4-20-15)19-9-12-13(16)5-10(8-18)6-14(12)17/h5-6,11,19H,3-4,7,9H2,1-2H3. The van der Waals surface area contributed by atoms with Crippen LogP contribution in [0.2, 0.25) is 0 Å². The number of hydrogen-bond acceptors (Lipinski definition) is 3. The van der Waals surface area contributed by atoms with Crippen molar-refractivity contribution in [3.8, 4) is 6.07 Å². The maximum Gasteiger partial charge on any atom is 0.131 e. The molecule has 1 N–H and O–H groups in total. The van der Waals surface area contributed by atoms with Gasteiger partial charge in [-0.1, -0.05) is 0 Å². The molecule has 1 aromatic carbocycles. The Balaban J connectivity index is 2.03. The molecule has 0 saturated carbocycles. The number of nitriles is 1. The van der Waals surface area contributed by atoms with Crippen LogP contribution in [0.15, 0.2) is 12.1 Å². The zero-order chi connectivity index (χ0) is 14.8. The molecule has 1 atom stereocenters. The van der Waals surface area contributed by atoms with Crippen molar-refractivity contribution in [3.63, 3.8) is 0 Å². The molecule has 0 spiro atoms. The molecule has 1 unspecified atom stereocenters. The Morgan fingerprint density at radius 3 is 2.60 bits per heavy atom. The van der Waals surface area contributed by atoms with Crippen LogP contribution < -0.4 is 5.32 Å². The summed E-state index contributed by atoms with van der Waals surface area (Å²) in [6.07, 6.45) is 1.62. The van der Waals surface area contributed by atoms with Gasteiger partial charge in [-0.2, -0.15) is 5.26 Å². The van der Waals surface area contributed by atoms with Crippen molar-refractivity contribution in [2.75, 3.05) is 6.61 Å². The molecule has 1 saturated heterocycles. The molecule has 0 radical (unpaired) electrons. The molecule has 0 bridgehead atoms. The van der Waals surface area contributed by atoms with Gasteiger partial charge < -0.3 is 10.1 Å². The van der Waals surface area contributed by atoms with E-state index < -0.39 is 11.6 Å². The largest absolute Gasteiger partial charge is 0.375 e. The number of benzene rings is 1. The van der Waals surface area contributed by atoms with Gasteiger partial charge in [0.2, 0.25) is 0 Å². The molecular weight excluding hydrogens is 262 g/mol. The summed E-state index contributed by atoms with van der Waals surface area (Å²) in [7, 11) is 0. The Kier molecular flexibility index (Phi) is 4.36. The van der Waals surface area contributed by atoms with Crippen LogP contribution in [-0.2, 0) is 11.3 Å². The van der Waals surface area contributed by atoms with Crippen LogP contribution in [-0.4, -0.2) is 18.2 Å². The normalized spacial score (nSPS) is 21.4. The summed E-state index contributed by atoms with van der Waals surface area (Å²) in [5.74, 6) is -1.36. The average Bonchev–Trinajstić information content (AvgIpc) is 2.36. The second-order valence-electron chi connectivity index (χ2n) is 5.71. The van der Waals surface area contributed by atoms with Gasteiger partial charge in [-0.15, -0.1) is 0 Å². The van der Waals surface area contributed by atoms with Crippen LogP contribution in [0.4, 0.5) is 8.78 Å². The van der Waals surface area contributed by atoms with E-state index >= 15 is 0 Å². The molecule has 20 heavy (non-hydrogen) atoms. The Morgan fingerprint density at radius 2 is 2.05 bits per heavy atom. The lowest BCUT2D eigenvalue weighted by atomic mass is 9.94. The summed E-state index contributed by atoms with van der Waals surface area (Å²) in [6, 6.07) is 4.04. The van der Waals surface area contributed by atoms with E-state index in [-0.39, 0.29) is 29.3 Å². The molecule has 0 aliphatic carbocycles. The van der Waals surface area contributed by atoms with Crippen LogP contribution in [0.5, 0.6) is 0 Å². The third-order valence-electron chi connectivity index (χ3n) is 3.53. The first-order valence-corrected chi connectivity index (χ1v) is 6.66. The fraction of sp³-hybridized carbons (Fsp3) is 0.533. The lowest BCUT2D eigenvalue weighted by molar-refractivity contribution is -0.0631. The Hall–Kier alpha value is -1.51. The second-order valence-corrected chi connectivity index (χ2v) is 5.71. The van der Waals surface area contributed by atoms with Crippen molar-refractivity contribution in [2.45, 2.75) is 44.9 Å². The van der Waals surface area contributed by atoms with Crippen LogP contribution >= 0.6 is 0 Å². The van der Waals surface area contributed by atoms with Gasteiger partial charge in [0.15, 0.2) is 0 Å². The van der Waals surface area contributed by atoms with Crippen molar-refractivity contribution in [3.05, 3.63) is 34.9 Å². The molecule has 3 nitrogen and oxygen atoms in total. The summed E-state index contributed by atoms with van der Waals surface area (Å²) in [5, 5.41) is 11.8. The van der Waals surface area contributed by atoms with E-state index in [2.05, 4.69) is 5.32 Å². The number of nitrogens with zero attached hydrogens (tertiary/aromatic N) is 1. The highest BCUT2D eigenvalue weighted by Gasteiger charge is 2.28. The van der Waals surface area contributed by atoms with E-state index in [4.69, 9.17) is 10.00 Å². The molecule has 2 rings (SSSR count). The van der Waals surface area contributed by atoms with Gasteiger partial charge in [0.25, 0.3) is 0 Å². The van der Waals surface area contributed by atoms with Crippen molar-refractivity contribution in [1.29, 1.82) is 5.26 Å². The van der Waals surface area contributed by atoms with Crippen molar-refractivity contribution in [1.82, 2.24) is 5.32 Å². The van der Waals surface area contributed by atoms with Gasteiger partial charge in [0.1, 0.15) is 11.6 Å². The van der Waals surface area contributed by atoms with E-state index in [1.807, 2.05) is 13.8 Å². The first-order valence-electron chi connectivity index (χ1n) is 6.66. The fourth-order valence-electron chi connectivity index (χ4n) is 2.49. The summed E-state index contributed by atoms with van der Waals surface area (Å²) in [5.41, 5.74) is -0.234. The van der Waals surface area contributed by atoms with E-state index in [1.54, 1.807) is 6.07 Å². The topological polar surface area (TPSA) is 45.0 Å². The number of ether oxygens (including phenoxy) is 1. The van der Waals surface area contributed by atoms with Crippen molar-refractivity contribution in [2.24, 2.45) is 0 Å². The zero-order valence-electron chi connectivity index (χ0n) is 11.7. The summed E-state index contributed by atoms with van der Waals surface area (Å²) in [6.45, 7) is 4.76.